The molecule has 1 aliphatic rings. The Balaban J connectivity index is 1.75. The Morgan fingerprint density at radius 1 is 0.895 bits per heavy atom. The number of anilines is 1. The van der Waals surface area contributed by atoms with Crippen LogP contribution >= 0.6 is 0 Å². The number of hydrogen-bond acceptors (Lipinski definition) is 6. The van der Waals surface area contributed by atoms with Gasteiger partial charge >= 0.3 is 5.97 Å². The number of carbonyl (C=O) groups excluding carboxylic acids is 1. The number of fused-ring (bicyclic) bond motifs is 1. The molecule has 188 valence electrons. The van der Waals surface area contributed by atoms with Gasteiger partial charge in [-0.25, -0.2) is 4.79 Å². The Labute approximate surface area is 221 Å². The quantitative estimate of drug-likeness (QED) is 0.315. The number of carbonyl (C=O) groups is 1. The van der Waals surface area contributed by atoms with Crippen molar-refractivity contribution in [2.45, 2.75) is 11.6 Å². The van der Waals surface area contributed by atoms with Crippen molar-refractivity contribution in [1.82, 2.24) is 0 Å². The first kappa shape index (κ1) is 24.7. The molecule has 1 N–H and O–H groups in total. The van der Waals surface area contributed by atoms with E-state index in [-0.39, 0.29) is 0 Å². The third-order valence-corrected chi connectivity index (χ3v) is 6.69. The SMILES string of the molecule is COC(=O)[C@@](Nc1ccccc1C#N)(c1ccccc1)[C@@H]1C=C(c2ccc(OC)cc2)c2ccccc2O1. The summed E-state index contributed by atoms with van der Waals surface area (Å²) in [6.07, 6.45) is 1.10. The van der Waals surface area contributed by atoms with E-state index < -0.39 is 17.6 Å². The van der Waals surface area contributed by atoms with Gasteiger partial charge in [-0.3, -0.25) is 0 Å². The van der Waals surface area contributed by atoms with Gasteiger partial charge < -0.3 is 19.5 Å². The summed E-state index contributed by atoms with van der Waals surface area (Å²) in [7, 11) is 2.98. The van der Waals surface area contributed by atoms with Crippen LogP contribution in [0.1, 0.15) is 22.3 Å². The molecule has 0 aliphatic carbocycles. The lowest BCUT2D eigenvalue weighted by Gasteiger charge is -2.41. The van der Waals surface area contributed by atoms with Crippen LogP contribution in [0.4, 0.5) is 5.69 Å². The molecular weight excluding hydrogens is 476 g/mol. The topological polar surface area (TPSA) is 80.6 Å². The first-order valence-corrected chi connectivity index (χ1v) is 12.1. The van der Waals surface area contributed by atoms with Gasteiger partial charge in [0, 0.05) is 5.56 Å². The maximum Gasteiger partial charge on any atom is 0.340 e. The Morgan fingerprint density at radius 3 is 2.29 bits per heavy atom. The van der Waals surface area contributed by atoms with Crippen molar-refractivity contribution in [3.05, 3.63) is 131 Å². The molecule has 2 atom stereocenters. The van der Waals surface area contributed by atoms with E-state index in [1.165, 1.54) is 7.11 Å². The molecule has 0 bridgehead atoms. The zero-order valence-electron chi connectivity index (χ0n) is 21.0. The van der Waals surface area contributed by atoms with Gasteiger partial charge in [-0.2, -0.15) is 5.26 Å². The fourth-order valence-electron chi connectivity index (χ4n) is 4.80. The Bertz CT molecular complexity index is 1520. The van der Waals surface area contributed by atoms with Crippen LogP contribution in [0.2, 0.25) is 0 Å². The summed E-state index contributed by atoms with van der Waals surface area (Å²) in [6.45, 7) is 0. The predicted molar refractivity (Wildman–Crippen MR) is 146 cm³/mol. The van der Waals surface area contributed by atoms with Gasteiger partial charge in [-0.1, -0.05) is 72.8 Å². The number of esters is 1. The van der Waals surface area contributed by atoms with Gasteiger partial charge in [0.25, 0.3) is 0 Å². The monoisotopic (exact) mass is 502 g/mol. The van der Waals surface area contributed by atoms with E-state index in [0.717, 1.165) is 22.4 Å². The number of rotatable bonds is 7. The second kappa shape index (κ2) is 10.5. The lowest BCUT2D eigenvalue weighted by atomic mass is 9.80. The summed E-state index contributed by atoms with van der Waals surface area (Å²) < 4.78 is 17.3. The molecule has 5 rings (SSSR count). The van der Waals surface area contributed by atoms with Crippen molar-refractivity contribution in [2.24, 2.45) is 0 Å². The Hall–Kier alpha value is -5.02. The predicted octanol–water partition coefficient (Wildman–Crippen LogP) is 5.94. The summed E-state index contributed by atoms with van der Waals surface area (Å²) in [5.41, 5.74) is 2.74. The standard InChI is InChI=1S/C32H26N2O4/c1-36-25-18-16-22(17-19-25)27-20-30(38-29-15-9-7-13-26(27)29)32(31(35)37-2,24-11-4-3-5-12-24)34-28-14-8-6-10-23(28)21-33/h3-20,30,34H,1-2H3/t30-,32+/m0/s1. The minimum atomic E-state index is -1.52. The van der Waals surface area contributed by atoms with Crippen molar-refractivity contribution in [3.63, 3.8) is 0 Å². The molecule has 6 nitrogen and oxygen atoms in total. The normalized spacial score (nSPS) is 15.5. The van der Waals surface area contributed by atoms with Gasteiger partial charge in [0.2, 0.25) is 5.54 Å². The summed E-state index contributed by atoms with van der Waals surface area (Å²) in [4.78, 5) is 13.9. The molecule has 0 saturated heterocycles. The smallest absolute Gasteiger partial charge is 0.340 e. The fourth-order valence-corrected chi connectivity index (χ4v) is 4.80. The summed E-state index contributed by atoms with van der Waals surface area (Å²) in [6, 6.07) is 34.0. The average Bonchev–Trinajstić information content (AvgIpc) is 2.99. The van der Waals surface area contributed by atoms with Crippen LogP contribution in [0.3, 0.4) is 0 Å². The minimum absolute atomic E-state index is 0.396. The van der Waals surface area contributed by atoms with Crippen molar-refractivity contribution >= 4 is 17.2 Å². The van der Waals surface area contributed by atoms with Gasteiger partial charge in [0.1, 0.15) is 17.6 Å². The van der Waals surface area contributed by atoms with Crippen LogP contribution in [0.15, 0.2) is 109 Å². The summed E-state index contributed by atoms with van der Waals surface area (Å²) in [5.74, 6) is 0.825. The maximum absolute atomic E-state index is 13.9. The highest BCUT2D eigenvalue weighted by Gasteiger charge is 2.51. The van der Waals surface area contributed by atoms with Crippen LogP contribution in [-0.2, 0) is 15.1 Å². The van der Waals surface area contributed by atoms with Gasteiger partial charge in [0.05, 0.1) is 25.5 Å². The second-order valence-corrected chi connectivity index (χ2v) is 8.79. The molecule has 0 spiro atoms. The number of hydrogen-bond donors (Lipinski definition) is 1. The van der Waals surface area contributed by atoms with Crippen LogP contribution in [0, 0.1) is 11.3 Å². The highest BCUT2D eigenvalue weighted by atomic mass is 16.5. The Kier molecular flexibility index (Phi) is 6.84. The van der Waals surface area contributed by atoms with E-state index >= 15 is 0 Å². The van der Waals surface area contributed by atoms with Gasteiger partial charge in [-0.15, -0.1) is 0 Å². The molecule has 4 aromatic carbocycles. The van der Waals surface area contributed by atoms with Crippen LogP contribution in [0.5, 0.6) is 11.5 Å². The minimum Gasteiger partial charge on any atom is -0.497 e. The average molecular weight is 503 g/mol. The molecule has 4 aromatic rings. The molecule has 0 aromatic heterocycles. The first-order valence-electron chi connectivity index (χ1n) is 12.1. The van der Waals surface area contributed by atoms with E-state index in [1.54, 1.807) is 25.3 Å². The zero-order chi connectivity index (χ0) is 26.5. The maximum atomic E-state index is 13.9. The number of nitrogens with one attached hydrogen (secondary N) is 1. The van der Waals surface area contributed by atoms with Crippen molar-refractivity contribution in [3.8, 4) is 17.6 Å². The molecule has 0 radical (unpaired) electrons. The van der Waals surface area contributed by atoms with Crippen molar-refractivity contribution in [1.29, 1.82) is 5.26 Å². The molecule has 0 fully saturated rings. The number of ether oxygens (including phenoxy) is 3. The largest absolute Gasteiger partial charge is 0.497 e. The zero-order valence-corrected chi connectivity index (χ0v) is 21.0. The van der Waals surface area contributed by atoms with Gasteiger partial charge in [-0.05, 0) is 53.1 Å². The van der Waals surface area contributed by atoms with Crippen LogP contribution in [-0.4, -0.2) is 26.3 Å². The van der Waals surface area contributed by atoms with Crippen molar-refractivity contribution in [2.75, 3.05) is 19.5 Å². The lowest BCUT2D eigenvalue weighted by molar-refractivity contribution is -0.149. The van der Waals surface area contributed by atoms with E-state index in [4.69, 9.17) is 14.2 Å². The number of para-hydroxylation sites is 2. The third-order valence-electron chi connectivity index (χ3n) is 6.69. The molecule has 38 heavy (non-hydrogen) atoms. The van der Waals surface area contributed by atoms with E-state index in [0.29, 0.717) is 22.6 Å². The molecule has 0 saturated carbocycles. The van der Waals surface area contributed by atoms with Crippen molar-refractivity contribution < 1.29 is 19.0 Å². The number of nitriles is 1. The number of nitrogens with zero attached hydrogens (tertiary/aromatic N) is 1. The van der Waals surface area contributed by atoms with E-state index in [2.05, 4.69) is 11.4 Å². The molecular formula is C32H26N2O4. The molecule has 6 heteroatoms. The van der Waals surface area contributed by atoms with Crippen LogP contribution in [0.25, 0.3) is 5.57 Å². The number of methoxy groups -OCH3 is 2. The molecule has 0 amide bonds. The molecule has 1 heterocycles. The van der Waals surface area contributed by atoms with Crippen LogP contribution < -0.4 is 14.8 Å². The Morgan fingerprint density at radius 2 is 1.58 bits per heavy atom. The molecule has 1 aliphatic heterocycles. The first-order chi connectivity index (χ1) is 18.6. The second-order valence-electron chi connectivity index (χ2n) is 8.79. The van der Waals surface area contributed by atoms with E-state index in [1.807, 2.05) is 91.0 Å². The number of benzene rings is 4. The fraction of sp³-hybridized carbons (Fsp3) is 0.125. The van der Waals surface area contributed by atoms with E-state index in [9.17, 15) is 10.1 Å². The van der Waals surface area contributed by atoms with Gasteiger partial charge in [0.15, 0.2) is 6.10 Å². The highest BCUT2D eigenvalue weighted by molar-refractivity contribution is 5.91. The summed E-state index contributed by atoms with van der Waals surface area (Å²) >= 11 is 0. The highest BCUT2D eigenvalue weighted by Crippen LogP contribution is 2.43. The third kappa shape index (κ3) is 4.35. The molecule has 0 unspecified atom stereocenters. The lowest BCUT2D eigenvalue weighted by Crippen LogP contribution is -2.55. The summed E-state index contributed by atoms with van der Waals surface area (Å²) in [5, 5.41) is 13.2.